The van der Waals surface area contributed by atoms with E-state index < -0.39 is 36.1 Å². The van der Waals surface area contributed by atoms with Gasteiger partial charge in [0.25, 0.3) is 6.43 Å². The lowest BCUT2D eigenvalue weighted by Gasteiger charge is -2.22. The Balaban J connectivity index is 1.99. The third-order valence-electron chi connectivity index (χ3n) is 4.59. The van der Waals surface area contributed by atoms with Gasteiger partial charge in [0.2, 0.25) is 5.28 Å². The minimum Gasteiger partial charge on any atom is -0.466 e. The van der Waals surface area contributed by atoms with Crippen molar-refractivity contribution in [3.05, 3.63) is 51.7 Å². The fourth-order valence-corrected chi connectivity index (χ4v) is 3.39. The molecule has 1 atom stereocenters. The number of rotatable bonds is 8. The van der Waals surface area contributed by atoms with E-state index in [1.54, 1.807) is 13.8 Å². The first-order valence-electron chi connectivity index (χ1n) is 9.59. The highest BCUT2D eigenvalue weighted by atomic mass is 35.5. The third kappa shape index (κ3) is 5.44. The molecule has 0 radical (unpaired) electrons. The molecule has 2 aromatic rings. The first-order valence-corrected chi connectivity index (χ1v) is 9.97. The molecular weight excluding hydrogens is 439 g/mol. The topological polar surface area (TPSA) is 82.6 Å². The van der Waals surface area contributed by atoms with Gasteiger partial charge in [-0.3, -0.25) is 4.79 Å². The lowest BCUT2D eigenvalue weighted by atomic mass is 10.0. The average Bonchev–Trinajstić information content (AvgIpc) is 3.22. The van der Waals surface area contributed by atoms with Crippen LogP contribution in [0.5, 0.6) is 0 Å². The minimum absolute atomic E-state index is 0.0127. The highest BCUT2D eigenvalue weighted by molar-refractivity contribution is 6.28. The first-order chi connectivity index (χ1) is 14.8. The van der Waals surface area contributed by atoms with E-state index in [-0.39, 0.29) is 35.4 Å². The lowest BCUT2D eigenvalue weighted by Crippen LogP contribution is -2.19. The van der Waals surface area contributed by atoms with Crippen LogP contribution in [-0.2, 0) is 25.4 Å². The molecule has 1 aliphatic rings. The van der Waals surface area contributed by atoms with Gasteiger partial charge in [0.1, 0.15) is 11.6 Å². The summed E-state index contributed by atoms with van der Waals surface area (Å²) in [6.07, 6.45) is -4.05. The van der Waals surface area contributed by atoms with Crippen molar-refractivity contribution in [3.63, 3.8) is 0 Å². The van der Waals surface area contributed by atoms with Crippen LogP contribution >= 0.6 is 11.6 Å². The van der Waals surface area contributed by atoms with Gasteiger partial charge in [0, 0.05) is 5.56 Å². The summed E-state index contributed by atoms with van der Waals surface area (Å²) < 4.78 is 56.9. The Bertz CT molecular complexity index is 942. The van der Waals surface area contributed by atoms with Gasteiger partial charge >= 0.3 is 5.97 Å². The number of anilines is 1. The molecule has 2 heterocycles. The second-order valence-corrected chi connectivity index (χ2v) is 7.01. The maximum Gasteiger partial charge on any atom is 0.311 e. The van der Waals surface area contributed by atoms with Crippen molar-refractivity contribution in [2.24, 2.45) is 0 Å². The van der Waals surface area contributed by atoms with Gasteiger partial charge in [-0.05, 0) is 25.4 Å². The predicted octanol–water partition coefficient (Wildman–Crippen LogP) is 4.53. The molecule has 0 aliphatic carbocycles. The molecule has 1 fully saturated rings. The highest BCUT2D eigenvalue weighted by Crippen LogP contribution is 2.35. The van der Waals surface area contributed by atoms with Gasteiger partial charge in [-0.1, -0.05) is 18.2 Å². The Hall–Kier alpha value is -2.43. The van der Waals surface area contributed by atoms with Crippen LogP contribution in [0.2, 0.25) is 5.28 Å². The number of alkyl halides is 2. The molecule has 11 heteroatoms. The number of aromatic nitrogens is 2. The largest absolute Gasteiger partial charge is 0.466 e. The van der Waals surface area contributed by atoms with E-state index in [2.05, 4.69) is 15.3 Å². The van der Waals surface area contributed by atoms with Crippen LogP contribution in [0.25, 0.3) is 0 Å². The van der Waals surface area contributed by atoms with Crippen molar-refractivity contribution >= 4 is 23.4 Å². The molecule has 0 amide bonds. The van der Waals surface area contributed by atoms with Crippen LogP contribution in [0.3, 0.4) is 0 Å². The summed E-state index contributed by atoms with van der Waals surface area (Å²) in [4.78, 5) is 20.3. The molecule has 1 aliphatic heterocycles. The smallest absolute Gasteiger partial charge is 0.311 e. The Morgan fingerprint density at radius 1 is 1.29 bits per heavy atom. The number of hydrogen-bond acceptors (Lipinski definition) is 7. The third-order valence-corrected chi connectivity index (χ3v) is 4.75. The zero-order chi connectivity index (χ0) is 22.5. The van der Waals surface area contributed by atoms with Crippen molar-refractivity contribution in [3.8, 4) is 0 Å². The SMILES string of the molecule is CCOC(=O)Cc1nc(Cl)nc(NC(C)c2cccc(C(F)F)c2F)c1C1OCCO1. The van der Waals surface area contributed by atoms with E-state index in [0.717, 1.165) is 6.07 Å². The zero-order valence-corrected chi connectivity index (χ0v) is 17.6. The van der Waals surface area contributed by atoms with Gasteiger partial charge in [0.05, 0.1) is 49.1 Å². The summed E-state index contributed by atoms with van der Waals surface area (Å²) >= 11 is 6.05. The van der Waals surface area contributed by atoms with Gasteiger partial charge in [-0.2, -0.15) is 0 Å². The van der Waals surface area contributed by atoms with Crippen molar-refractivity contribution < 1.29 is 32.2 Å². The van der Waals surface area contributed by atoms with E-state index in [9.17, 15) is 18.0 Å². The van der Waals surface area contributed by atoms with E-state index >= 15 is 0 Å². The summed E-state index contributed by atoms with van der Waals surface area (Å²) in [7, 11) is 0. The van der Waals surface area contributed by atoms with Gasteiger partial charge in [0.15, 0.2) is 6.29 Å². The molecule has 3 rings (SSSR count). The Morgan fingerprint density at radius 3 is 2.61 bits per heavy atom. The van der Waals surface area contributed by atoms with E-state index in [4.69, 9.17) is 25.8 Å². The number of esters is 1. The number of halogens is 4. The van der Waals surface area contributed by atoms with E-state index in [1.165, 1.54) is 12.1 Å². The molecule has 168 valence electrons. The van der Waals surface area contributed by atoms with Crippen molar-refractivity contribution in [2.45, 2.75) is 39.0 Å². The number of nitrogens with one attached hydrogen (secondary N) is 1. The number of ether oxygens (including phenoxy) is 3. The fraction of sp³-hybridized carbons (Fsp3) is 0.450. The van der Waals surface area contributed by atoms with Crippen LogP contribution in [0.15, 0.2) is 18.2 Å². The second-order valence-electron chi connectivity index (χ2n) is 6.67. The normalized spacial score (nSPS) is 15.3. The van der Waals surface area contributed by atoms with Crippen LogP contribution in [-0.4, -0.2) is 35.8 Å². The van der Waals surface area contributed by atoms with Gasteiger partial charge in [-0.15, -0.1) is 0 Å². The van der Waals surface area contributed by atoms with E-state index in [1.807, 2.05) is 0 Å². The molecule has 7 nitrogen and oxygen atoms in total. The molecule has 0 spiro atoms. The predicted molar refractivity (Wildman–Crippen MR) is 105 cm³/mol. The fourth-order valence-electron chi connectivity index (χ4n) is 3.21. The minimum atomic E-state index is -2.95. The summed E-state index contributed by atoms with van der Waals surface area (Å²) in [5.74, 6) is -1.41. The maximum absolute atomic E-state index is 14.6. The quantitative estimate of drug-likeness (QED) is 0.458. The molecule has 0 bridgehead atoms. The molecule has 1 aromatic carbocycles. The van der Waals surface area contributed by atoms with Crippen LogP contribution in [0.4, 0.5) is 19.0 Å². The van der Waals surface area contributed by atoms with Crippen LogP contribution in [0, 0.1) is 5.82 Å². The van der Waals surface area contributed by atoms with Crippen LogP contribution in [0.1, 0.15) is 55.0 Å². The molecular formula is C20H21ClF3N3O4. The van der Waals surface area contributed by atoms with Crippen molar-refractivity contribution in [1.82, 2.24) is 9.97 Å². The monoisotopic (exact) mass is 459 g/mol. The molecule has 1 aromatic heterocycles. The number of nitrogens with zero attached hydrogens (tertiary/aromatic N) is 2. The second kappa shape index (κ2) is 10.3. The lowest BCUT2D eigenvalue weighted by molar-refractivity contribution is -0.142. The Labute approximate surface area is 181 Å². The number of hydrogen-bond donors (Lipinski definition) is 1. The highest BCUT2D eigenvalue weighted by Gasteiger charge is 2.30. The molecule has 1 saturated heterocycles. The molecule has 1 unspecified atom stereocenters. The van der Waals surface area contributed by atoms with Crippen molar-refractivity contribution in [1.29, 1.82) is 0 Å². The van der Waals surface area contributed by atoms with E-state index in [0.29, 0.717) is 18.8 Å². The average molecular weight is 460 g/mol. The molecule has 0 saturated carbocycles. The van der Waals surface area contributed by atoms with Gasteiger partial charge in [-0.25, -0.2) is 23.1 Å². The summed E-state index contributed by atoms with van der Waals surface area (Å²) in [5.41, 5.74) is -0.148. The first kappa shape index (κ1) is 23.2. The van der Waals surface area contributed by atoms with Crippen molar-refractivity contribution in [2.75, 3.05) is 25.1 Å². The van der Waals surface area contributed by atoms with Gasteiger partial charge < -0.3 is 19.5 Å². The number of benzene rings is 1. The zero-order valence-electron chi connectivity index (χ0n) is 16.8. The Kier molecular flexibility index (Phi) is 7.69. The molecule has 1 N–H and O–H groups in total. The molecule has 31 heavy (non-hydrogen) atoms. The maximum atomic E-state index is 14.6. The van der Waals surface area contributed by atoms with Crippen LogP contribution < -0.4 is 5.32 Å². The Morgan fingerprint density at radius 2 is 1.97 bits per heavy atom. The summed E-state index contributed by atoms with van der Waals surface area (Å²) in [6, 6.07) is 2.99. The summed E-state index contributed by atoms with van der Waals surface area (Å²) in [6.45, 7) is 4.06. The summed E-state index contributed by atoms with van der Waals surface area (Å²) in [5, 5.41) is 2.80. The number of carbonyl (C=O) groups excluding carboxylic acids is 1. The number of carbonyl (C=O) groups is 1. The standard InChI is InChI=1S/C20H21ClF3N3O4/c1-3-29-14(28)9-13-15(19-30-7-8-31-19)18(27-20(21)26-13)25-10(2)11-5-4-6-12(16(11)22)17(23)24/h4-6,10,17,19H,3,7-9H2,1-2H3,(H,25,26,27).